The van der Waals surface area contributed by atoms with Crippen LogP contribution in [0.3, 0.4) is 0 Å². The molecule has 0 amide bonds. The number of carboxylic acids is 1. The van der Waals surface area contributed by atoms with Gasteiger partial charge in [0.05, 0.1) is 36.4 Å². The van der Waals surface area contributed by atoms with E-state index in [1.165, 1.54) is 0 Å². The highest BCUT2D eigenvalue weighted by Gasteiger charge is 2.51. The Morgan fingerprint density at radius 2 is 2.09 bits per heavy atom. The molecule has 1 aliphatic heterocycles. The van der Waals surface area contributed by atoms with E-state index in [0.717, 1.165) is 12.8 Å². The fraction of sp³-hybridized carbons (Fsp3) is 0.938. The van der Waals surface area contributed by atoms with Crippen LogP contribution in [0, 0.1) is 5.92 Å². The van der Waals surface area contributed by atoms with Gasteiger partial charge in [0.25, 0.3) is 0 Å². The van der Waals surface area contributed by atoms with Gasteiger partial charge in [-0.2, -0.15) is 0 Å². The van der Waals surface area contributed by atoms with Gasteiger partial charge < -0.3 is 24.8 Å². The molecule has 0 spiro atoms. The summed E-state index contributed by atoms with van der Waals surface area (Å²) >= 11 is 0. The minimum Gasteiger partial charge on any atom is -0.481 e. The number of aliphatic hydroxyl groups is 2. The fourth-order valence-corrected chi connectivity index (χ4v) is 3.77. The quantitative estimate of drug-likeness (QED) is 0.629. The first-order chi connectivity index (χ1) is 10.3. The predicted octanol–water partition coefficient (Wildman–Crippen LogP) is 1.57. The van der Waals surface area contributed by atoms with Crippen LogP contribution in [0.4, 0.5) is 0 Å². The van der Waals surface area contributed by atoms with Crippen LogP contribution in [0.2, 0.25) is 0 Å². The molecular weight excluding hydrogens is 288 g/mol. The van der Waals surface area contributed by atoms with E-state index in [4.69, 9.17) is 14.6 Å². The highest BCUT2D eigenvalue weighted by Crippen LogP contribution is 2.42. The molecule has 0 aromatic heterocycles. The van der Waals surface area contributed by atoms with Crippen molar-refractivity contribution in [2.24, 2.45) is 5.92 Å². The fourth-order valence-electron chi connectivity index (χ4n) is 3.77. The molecule has 0 saturated carbocycles. The molecule has 6 heteroatoms. The van der Waals surface area contributed by atoms with Gasteiger partial charge in [-0.05, 0) is 26.2 Å². The molecule has 1 rings (SSSR count). The average Bonchev–Trinajstić information content (AvgIpc) is 2.44. The second-order valence-electron chi connectivity index (χ2n) is 6.28. The Morgan fingerprint density at radius 3 is 2.55 bits per heavy atom. The Morgan fingerprint density at radius 1 is 1.45 bits per heavy atom. The van der Waals surface area contributed by atoms with Crippen molar-refractivity contribution in [3.63, 3.8) is 0 Å². The molecule has 1 heterocycles. The Hall–Kier alpha value is -0.690. The molecular formula is C16H30O6. The second kappa shape index (κ2) is 8.24. The van der Waals surface area contributed by atoms with Crippen molar-refractivity contribution >= 4 is 5.97 Å². The monoisotopic (exact) mass is 318 g/mol. The summed E-state index contributed by atoms with van der Waals surface area (Å²) < 4.78 is 11.6. The van der Waals surface area contributed by atoms with Crippen molar-refractivity contribution in [1.82, 2.24) is 0 Å². The summed E-state index contributed by atoms with van der Waals surface area (Å²) in [6, 6.07) is 0. The zero-order chi connectivity index (χ0) is 16.9. The summed E-state index contributed by atoms with van der Waals surface area (Å²) in [7, 11) is 1.60. The molecule has 0 aromatic carbocycles. The molecule has 1 saturated heterocycles. The van der Waals surface area contributed by atoms with Crippen LogP contribution in [-0.4, -0.2) is 58.4 Å². The summed E-state index contributed by atoms with van der Waals surface area (Å²) in [5, 5.41) is 29.8. The number of aliphatic carboxylic acids is 1. The third-order valence-electron chi connectivity index (χ3n) is 4.78. The first-order valence-corrected chi connectivity index (χ1v) is 8.09. The minimum atomic E-state index is -1.17. The van der Waals surface area contributed by atoms with Gasteiger partial charge in [0.1, 0.15) is 0 Å². The Labute approximate surface area is 132 Å². The van der Waals surface area contributed by atoms with E-state index in [0.29, 0.717) is 12.8 Å². The number of methoxy groups -OCH3 is 1. The molecule has 6 nitrogen and oxygen atoms in total. The van der Waals surface area contributed by atoms with Crippen molar-refractivity contribution in [3.05, 3.63) is 0 Å². The highest BCUT2D eigenvalue weighted by molar-refractivity contribution is 5.67. The lowest BCUT2D eigenvalue weighted by molar-refractivity contribution is -0.229. The van der Waals surface area contributed by atoms with E-state index in [9.17, 15) is 15.0 Å². The zero-order valence-corrected chi connectivity index (χ0v) is 14.0. The standard InChI is InChI=1S/C16H30O6/c1-5-7-16(6-2,21-4)14-11(17)8-10(3)22-15(14)12(18)9-13(19)20/h10-12,14-15,17-18H,5-9H2,1-4H3,(H,19,20). The van der Waals surface area contributed by atoms with Crippen LogP contribution in [0.15, 0.2) is 0 Å². The van der Waals surface area contributed by atoms with Crippen LogP contribution in [-0.2, 0) is 14.3 Å². The molecule has 0 radical (unpaired) electrons. The van der Waals surface area contributed by atoms with Crippen molar-refractivity contribution in [1.29, 1.82) is 0 Å². The number of carbonyl (C=O) groups is 1. The average molecular weight is 318 g/mol. The first-order valence-electron chi connectivity index (χ1n) is 8.09. The molecule has 3 N–H and O–H groups in total. The van der Waals surface area contributed by atoms with Gasteiger partial charge in [0.15, 0.2) is 0 Å². The van der Waals surface area contributed by atoms with Gasteiger partial charge in [-0.25, -0.2) is 0 Å². The summed E-state index contributed by atoms with van der Waals surface area (Å²) in [6.07, 6.45) is -0.549. The van der Waals surface area contributed by atoms with Crippen molar-refractivity contribution < 1.29 is 29.6 Å². The number of aliphatic hydroxyl groups excluding tert-OH is 2. The van der Waals surface area contributed by atoms with Gasteiger partial charge >= 0.3 is 5.97 Å². The second-order valence-corrected chi connectivity index (χ2v) is 6.28. The van der Waals surface area contributed by atoms with Crippen molar-refractivity contribution in [3.8, 4) is 0 Å². The van der Waals surface area contributed by atoms with Crippen LogP contribution in [0.25, 0.3) is 0 Å². The molecule has 0 aromatic rings. The first kappa shape index (κ1) is 19.4. The maximum Gasteiger partial charge on any atom is 0.306 e. The predicted molar refractivity (Wildman–Crippen MR) is 81.6 cm³/mol. The normalized spacial score (nSPS) is 33.2. The molecule has 6 atom stereocenters. The largest absolute Gasteiger partial charge is 0.481 e. The highest BCUT2D eigenvalue weighted by atomic mass is 16.5. The lowest BCUT2D eigenvalue weighted by Gasteiger charge is -2.50. The van der Waals surface area contributed by atoms with Gasteiger partial charge in [-0.15, -0.1) is 0 Å². The van der Waals surface area contributed by atoms with E-state index < -0.39 is 42.2 Å². The third-order valence-corrected chi connectivity index (χ3v) is 4.78. The molecule has 1 aliphatic rings. The van der Waals surface area contributed by atoms with Crippen LogP contribution in [0.5, 0.6) is 0 Å². The van der Waals surface area contributed by atoms with E-state index in [2.05, 4.69) is 0 Å². The molecule has 0 aliphatic carbocycles. The van der Waals surface area contributed by atoms with Gasteiger partial charge in [0, 0.05) is 13.0 Å². The summed E-state index contributed by atoms with van der Waals surface area (Å²) in [4.78, 5) is 10.9. The Bertz CT molecular complexity index is 355. The molecule has 6 unspecified atom stereocenters. The molecule has 22 heavy (non-hydrogen) atoms. The minimum absolute atomic E-state index is 0.229. The van der Waals surface area contributed by atoms with Crippen LogP contribution in [0.1, 0.15) is 52.9 Å². The smallest absolute Gasteiger partial charge is 0.306 e. The summed E-state index contributed by atoms with van der Waals surface area (Å²) in [5.74, 6) is -1.54. The van der Waals surface area contributed by atoms with Crippen LogP contribution >= 0.6 is 0 Å². The van der Waals surface area contributed by atoms with Gasteiger partial charge in [-0.3, -0.25) is 4.79 Å². The molecule has 130 valence electrons. The maximum absolute atomic E-state index is 10.9. The number of ether oxygens (including phenoxy) is 2. The lowest BCUT2D eigenvalue weighted by atomic mass is 9.70. The topological polar surface area (TPSA) is 96.2 Å². The van der Waals surface area contributed by atoms with E-state index in [1.54, 1.807) is 7.11 Å². The molecule has 0 bridgehead atoms. The number of hydrogen-bond donors (Lipinski definition) is 3. The zero-order valence-electron chi connectivity index (χ0n) is 14.0. The lowest BCUT2D eigenvalue weighted by Crippen LogP contribution is -2.59. The Kier molecular flexibility index (Phi) is 7.25. The Balaban J connectivity index is 3.13. The van der Waals surface area contributed by atoms with Crippen molar-refractivity contribution in [2.45, 2.75) is 82.9 Å². The maximum atomic E-state index is 10.9. The van der Waals surface area contributed by atoms with Gasteiger partial charge in [-0.1, -0.05) is 20.3 Å². The number of rotatable bonds is 8. The van der Waals surface area contributed by atoms with E-state index >= 15 is 0 Å². The SMILES string of the molecule is CCCC(CC)(OC)C1C(O)CC(C)OC1C(O)CC(=O)O. The summed E-state index contributed by atoms with van der Waals surface area (Å²) in [6.45, 7) is 5.83. The summed E-state index contributed by atoms with van der Waals surface area (Å²) in [5.41, 5.74) is -0.627. The van der Waals surface area contributed by atoms with E-state index in [1.807, 2.05) is 20.8 Å². The van der Waals surface area contributed by atoms with Crippen molar-refractivity contribution in [2.75, 3.05) is 7.11 Å². The van der Waals surface area contributed by atoms with E-state index in [-0.39, 0.29) is 6.10 Å². The number of hydrogen-bond acceptors (Lipinski definition) is 5. The third kappa shape index (κ3) is 4.19. The molecule has 1 fully saturated rings. The van der Waals surface area contributed by atoms with Gasteiger partial charge in [0.2, 0.25) is 0 Å². The number of carboxylic acid groups (broad SMARTS) is 1. The van der Waals surface area contributed by atoms with Crippen LogP contribution < -0.4 is 0 Å².